The molecule has 2 aliphatic heterocycles. The average molecular weight is 214 g/mol. The molecule has 0 aliphatic carbocycles. The number of hydrogen-bond acceptors (Lipinski definition) is 4. The number of Topliss-reactive ketones (excluding diaryl/α,β-unsaturated/α-hetero) is 1. The second-order valence-electron chi connectivity index (χ2n) is 4.65. The Hall–Kier alpha value is -0.450. The first-order valence-corrected chi connectivity index (χ1v) is 5.56. The number of rotatable bonds is 2. The maximum atomic E-state index is 11.1. The van der Waals surface area contributed by atoms with Crippen molar-refractivity contribution in [1.82, 2.24) is 0 Å². The molecule has 2 rings (SSSR count). The van der Waals surface area contributed by atoms with Gasteiger partial charge in [0.05, 0.1) is 24.4 Å². The number of aliphatic hydroxyl groups excluding tert-OH is 1. The van der Waals surface area contributed by atoms with Crippen LogP contribution in [0, 0.1) is 0 Å². The topological polar surface area (TPSA) is 55.8 Å². The lowest BCUT2D eigenvalue weighted by Crippen LogP contribution is -2.46. The van der Waals surface area contributed by atoms with E-state index in [2.05, 4.69) is 0 Å². The van der Waals surface area contributed by atoms with E-state index in [0.717, 1.165) is 19.3 Å². The van der Waals surface area contributed by atoms with Gasteiger partial charge in [-0.3, -0.25) is 4.79 Å². The van der Waals surface area contributed by atoms with Gasteiger partial charge in [0.15, 0.2) is 5.78 Å². The number of hydrogen-bond donors (Lipinski definition) is 1. The van der Waals surface area contributed by atoms with E-state index < -0.39 is 0 Å². The van der Waals surface area contributed by atoms with Gasteiger partial charge in [0.2, 0.25) is 0 Å². The molecule has 0 amide bonds. The summed E-state index contributed by atoms with van der Waals surface area (Å²) in [6, 6.07) is 0. The van der Waals surface area contributed by atoms with Crippen molar-refractivity contribution in [3.8, 4) is 0 Å². The summed E-state index contributed by atoms with van der Waals surface area (Å²) in [6.07, 6.45) is 3.09. The van der Waals surface area contributed by atoms with Crippen molar-refractivity contribution < 1.29 is 19.4 Å². The van der Waals surface area contributed by atoms with Gasteiger partial charge in [0.25, 0.3) is 0 Å². The van der Waals surface area contributed by atoms with Crippen molar-refractivity contribution in [2.24, 2.45) is 0 Å². The van der Waals surface area contributed by atoms with Gasteiger partial charge in [-0.05, 0) is 26.2 Å². The summed E-state index contributed by atoms with van der Waals surface area (Å²) in [5.74, 6) is 0.171. The van der Waals surface area contributed by atoms with Crippen LogP contribution in [-0.2, 0) is 14.3 Å². The molecule has 4 heteroatoms. The first-order chi connectivity index (χ1) is 7.14. The Kier molecular flexibility index (Phi) is 3.09. The number of carbonyl (C=O) groups is 1. The lowest BCUT2D eigenvalue weighted by Gasteiger charge is -2.37. The van der Waals surface area contributed by atoms with Crippen molar-refractivity contribution >= 4 is 5.78 Å². The molecular formula is C11H18O4. The Morgan fingerprint density at radius 2 is 2.33 bits per heavy atom. The van der Waals surface area contributed by atoms with Crippen LogP contribution in [0.15, 0.2) is 0 Å². The average Bonchev–Trinajstić information content (AvgIpc) is 2.72. The molecule has 0 aromatic heterocycles. The fourth-order valence-corrected chi connectivity index (χ4v) is 2.32. The van der Waals surface area contributed by atoms with Gasteiger partial charge in [-0.1, -0.05) is 0 Å². The third kappa shape index (κ3) is 2.22. The van der Waals surface area contributed by atoms with Gasteiger partial charge in [0.1, 0.15) is 6.61 Å². The normalized spacial score (nSPS) is 42.1. The quantitative estimate of drug-likeness (QED) is 0.734. The van der Waals surface area contributed by atoms with Crippen LogP contribution in [0.1, 0.15) is 32.6 Å². The molecule has 2 heterocycles. The lowest BCUT2D eigenvalue weighted by molar-refractivity contribution is -0.167. The van der Waals surface area contributed by atoms with Gasteiger partial charge < -0.3 is 14.6 Å². The molecule has 4 nitrogen and oxygen atoms in total. The van der Waals surface area contributed by atoms with E-state index >= 15 is 0 Å². The van der Waals surface area contributed by atoms with Gasteiger partial charge in [-0.2, -0.15) is 0 Å². The minimum absolute atomic E-state index is 0.0303. The van der Waals surface area contributed by atoms with E-state index in [-0.39, 0.29) is 36.8 Å². The Balaban J connectivity index is 1.95. The van der Waals surface area contributed by atoms with E-state index in [4.69, 9.17) is 14.6 Å². The molecule has 2 saturated heterocycles. The number of ether oxygens (including phenoxy) is 2. The first kappa shape index (κ1) is 11.0. The van der Waals surface area contributed by atoms with Crippen LogP contribution in [-0.4, -0.2) is 41.9 Å². The first-order valence-electron chi connectivity index (χ1n) is 5.56. The summed E-state index contributed by atoms with van der Waals surface area (Å²) in [4.78, 5) is 11.1. The second-order valence-corrected chi connectivity index (χ2v) is 4.65. The molecule has 0 radical (unpaired) electrons. The van der Waals surface area contributed by atoms with Crippen LogP contribution in [0.5, 0.6) is 0 Å². The van der Waals surface area contributed by atoms with Crippen LogP contribution < -0.4 is 0 Å². The lowest BCUT2D eigenvalue weighted by atomic mass is 9.88. The predicted octanol–water partition coefficient (Wildman–Crippen LogP) is 0.664. The summed E-state index contributed by atoms with van der Waals surface area (Å²) < 4.78 is 11.3. The summed E-state index contributed by atoms with van der Waals surface area (Å²) >= 11 is 0. The molecule has 0 spiro atoms. The van der Waals surface area contributed by atoms with Crippen LogP contribution in [0.3, 0.4) is 0 Å². The summed E-state index contributed by atoms with van der Waals surface area (Å²) in [5, 5.41) is 8.99. The Morgan fingerprint density at radius 3 is 2.87 bits per heavy atom. The highest BCUT2D eigenvalue weighted by Gasteiger charge is 2.43. The minimum Gasteiger partial charge on any atom is -0.394 e. The largest absolute Gasteiger partial charge is 0.394 e. The zero-order valence-electron chi connectivity index (χ0n) is 9.07. The molecule has 3 atom stereocenters. The van der Waals surface area contributed by atoms with Crippen molar-refractivity contribution in [1.29, 1.82) is 0 Å². The monoisotopic (exact) mass is 214 g/mol. The number of aliphatic hydroxyl groups is 1. The third-order valence-electron chi connectivity index (χ3n) is 3.46. The van der Waals surface area contributed by atoms with Gasteiger partial charge in [-0.15, -0.1) is 0 Å². The van der Waals surface area contributed by atoms with Gasteiger partial charge in [0, 0.05) is 6.42 Å². The summed E-state index contributed by atoms with van der Waals surface area (Å²) in [7, 11) is 0. The molecule has 0 aromatic carbocycles. The molecule has 0 unspecified atom stereocenters. The van der Waals surface area contributed by atoms with E-state index in [0.29, 0.717) is 6.42 Å². The van der Waals surface area contributed by atoms with Crippen LogP contribution in [0.2, 0.25) is 0 Å². The Labute approximate surface area is 89.6 Å². The molecule has 2 aliphatic rings. The fourth-order valence-electron chi connectivity index (χ4n) is 2.32. The maximum Gasteiger partial charge on any atom is 0.158 e. The van der Waals surface area contributed by atoms with Crippen LogP contribution in [0.4, 0.5) is 0 Å². The van der Waals surface area contributed by atoms with Crippen molar-refractivity contribution in [3.63, 3.8) is 0 Å². The SMILES string of the molecule is C[C@]1([C@H]2CC[C@@H](CO)O2)CCC(=O)CO1. The van der Waals surface area contributed by atoms with E-state index in [1.165, 1.54) is 0 Å². The molecular weight excluding hydrogens is 196 g/mol. The highest BCUT2D eigenvalue weighted by Crippen LogP contribution is 2.35. The maximum absolute atomic E-state index is 11.1. The molecule has 1 N–H and O–H groups in total. The van der Waals surface area contributed by atoms with E-state index in [9.17, 15) is 4.79 Å². The fraction of sp³-hybridized carbons (Fsp3) is 0.909. The third-order valence-corrected chi connectivity index (χ3v) is 3.46. The zero-order valence-corrected chi connectivity index (χ0v) is 9.07. The summed E-state index contributed by atoms with van der Waals surface area (Å²) in [6.45, 7) is 2.29. The molecule has 0 saturated carbocycles. The van der Waals surface area contributed by atoms with Crippen molar-refractivity contribution in [2.75, 3.05) is 13.2 Å². The predicted molar refractivity (Wildman–Crippen MR) is 53.6 cm³/mol. The zero-order chi connectivity index (χ0) is 10.9. The smallest absolute Gasteiger partial charge is 0.158 e. The van der Waals surface area contributed by atoms with Crippen molar-refractivity contribution in [3.05, 3.63) is 0 Å². The van der Waals surface area contributed by atoms with Crippen LogP contribution >= 0.6 is 0 Å². The van der Waals surface area contributed by atoms with Gasteiger partial charge in [-0.25, -0.2) is 0 Å². The summed E-state index contributed by atoms with van der Waals surface area (Å²) in [5.41, 5.74) is -0.335. The Bertz CT molecular complexity index is 241. The molecule has 2 fully saturated rings. The Morgan fingerprint density at radius 1 is 1.53 bits per heavy atom. The highest BCUT2D eigenvalue weighted by molar-refractivity contribution is 5.80. The molecule has 0 bridgehead atoms. The molecule has 86 valence electrons. The number of ketones is 1. The van der Waals surface area contributed by atoms with Crippen molar-refractivity contribution in [2.45, 2.75) is 50.4 Å². The van der Waals surface area contributed by atoms with Gasteiger partial charge >= 0.3 is 0 Å². The van der Waals surface area contributed by atoms with E-state index in [1.807, 2.05) is 6.92 Å². The molecule has 0 aromatic rings. The second kappa shape index (κ2) is 4.20. The van der Waals surface area contributed by atoms with E-state index in [1.54, 1.807) is 0 Å². The van der Waals surface area contributed by atoms with Crippen LogP contribution in [0.25, 0.3) is 0 Å². The number of carbonyl (C=O) groups excluding carboxylic acids is 1. The molecule has 15 heavy (non-hydrogen) atoms. The minimum atomic E-state index is -0.335. The highest BCUT2D eigenvalue weighted by atomic mass is 16.6. The standard InChI is InChI=1S/C11H18O4/c1-11(5-4-8(13)7-14-11)10-3-2-9(6-12)15-10/h9-10,12H,2-7H2,1H3/t9-,10+,11+/m0/s1.